The molecule has 0 atom stereocenters. The number of nitrogens with zero attached hydrogens (tertiary/aromatic N) is 2. The van der Waals surface area contributed by atoms with Crippen molar-refractivity contribution in [3.63, 3.8) is 0 Å². The maximum Gasteiger partial charge on any atom is 0.173 e. The number of benzene rings is 1. The van der Waals surface area contributed by atoms with Gasteiger partial charge in [-0.25, -0.2) is 0 Å². The third-order valence-electron chi connectivity index (χ3n) is 3.26. The van der Waals surface area contributed by atoms with Crippen LogP contribution in [0.1, 0.15) is 11.1 Å². The minimum atomic E-state index is 0.841. The lowest BCUT2D eigenvalue weighted by Crippen LogP contribution is -2.48. The number of thiocarbonyl (C=S) groups is 1. The van der Waals surface area contributed by atoms with Gasteiger partial charge in [0.2, 0.25) is 0 Å². The molecule has 98 valence electrons. The molecule has 1 heterocycles. The maximum atomic E-state index is 5.48. The Labute approximate surface area is 115 Å². The topological polar surface area (TPSA) is 18.5 Å². The molecule has 0 spiro atoms. The third kappa shape index (κ3) is 3.43. The van der Waals surface area contributed by atoms with E-state index in [1.54, 1.807) is 0 Å². The number of rotatable bonds is 1. The molecule has 0 aromatic heterocycles. The number of anilines is 1. The summed E-state index contributed by atoms with van der Waals surface area (Å²) in [5.74, 6) is 0. The van der Waals surface area contributed by atoms with Crippen LogP contribution in [-0.4, -0.2) is 48.1 Å². The number of hydrogen-bond donors (Lipinski definition) is 1. The van der Waals surface area contributed by atoms with Gasteiger partial charge in [-0.3, -0.25) is 0 Å². The first kappa shape index (κ1) is 13.3. The molecule has 18 heavy (non-hydrogen) atoms. The van der Waals surface area contributed by atoms with E-state index in [2.05, 4.69) is 54.2 Å². The van der Waals surface area contributed by atoms with Crippen LogP contribution in [0.5, 0.6) is 0 Å². The fourth-order valence-electron chi connectivity index (χ4n) is 2.26. The van der Waals surface area contributed by atoms with Crippen LogP contribution in [0.15, 0.2) is 18.2 Å². The van der Waals surface area contributed by atoms with E-state index < -0.39 is 0 Å². The second-order valence-electron chi connectivity index (χ2n) is 5.10. The average Bonchev–Trinajstić information content (AvgIpc) is 2.28. The number of likely N-dealkylation sites (N-methyl/N-ethyl adjacent to an activating group) is 1. The van der Waals surface area contributed by atoms with E-state index in [1.165, 1.54) is 11.1 Å². The van der Waals surface area contributed by atoms with Gasteiger partial charge in [-0.05, 0) is 56.4 Å². The summed E-state index contributed by atoms with van der Waals surface area (Å²) in [6, 6.07) is 6.44. The van der Waals surface area contributed by atoms with Gasteiger partial charge in [-0.2, -0.15) is 0 Å². The summed E-state index contributed by atoms with van der Waals surface area (Å²) in [6.07, 6.45) is 0. The third-order valence-corrected chi connectivity index (χ3v) is 3.62. The van der Waals surface area contributed by atoms with E-state index in [1.807, 2.05) is 0 Å². The summed E-state index contributed by atoms with van der Waals surface area (Å²) >= 11 is 5.48. The molecule has 1 saturated heterocycles. The predicted octanol–water partition coefficient (Wildman–Crippen LogP) is 2.25. The first-order valence-electron chi connectivity index (χ1n) is 6.37. The summed E-state index contributed by atoms with van der Waals surface area (Å²) in [5, 5.41) is 4.19. The van der Waals surface area contributed by atoms with E-state index in [9.17, 15) is 0 Å². The molecule has 0 unspecified atom stereocenters. The van der Waals surface area contributed by atoms with Crippen molar-refractivity contribution in [3.05, 3.63) is 29.3 Å². The Morgan fingerprint density at radius 1 is 1.06 bits per heavy atom. The Kier molecular flexibility index (Phi) is 4.19. The number of nitrogens with one attached hydrogen (secondary N) is 1. The molecule has 0 amide bonds. The molecule has 3 nitrogen and oxygen atoms in total. The van der Waals surface area contributed by atoms with Crippen LogP contribution >= 0.6 is 12.2 Å². The van der Waals surface area contributed by atoms with Crippen LogP contribution < -0.4 is 5.32 Å². The highest BCUT2D eigenvalue weighted by Crippen LogP contribution is 2.14. The van der Waals surface area contributed by atoms with Gasteiger partial charge in [-0.1, -0.05) is 6.07 Å². The van der Waals surface area contributed by atoms with Crippen LogP contribution in [0.25, 0.3) is 0 Å². The smallest absolute Gasteiger partial charge is 0.173 e. The Hall–Kier alpha value is -1.13. The van der Waals surface area contributed by atoms with E-state index >= 15 is 0 Å². The first-order valence-corrected chi connectivity index (χ1v) is 6.78. The SMILES string of the molecule is Cc1cc(C)cc(NC(=S)N2CCN(C)CC2)c1. The zero-order chi connectivity index (χ0) is 13.1. The highest BCUT2D eigenvalue weighted by molar-refractivity contribution is 7.80. The van der Waals surface area contributed by atoms with Crippen molar-refractivity contribution in [1.82, 2.24) is 9.80 Å². The van der Waals surface area contributed by atoms with Crippen molar-refractivity contribution >= 4 is 23.0 Å². The largest absolute Gasteiger partial charge is 0.346 e. The molecular formula is C14H21N3S. The van der Waals surface area contributed by atoms with Crippen molar-refractivity contribution in [3.8, 4) is 0 Å². The summed E-state index contributed by atoms with van der Waals surface area (Å²) in [6.45, 7) is 8.39. The average molecular weight is 263 g/mol. The maximum absolute atomic E-state index is 5.48. The second kappa shape index (κ2) is 5.67. The fraction of sp³-hybridized carbons (Fsp3) is 0.500. The van der Waals surface area contributed by atoms with Gasteiger partial charge >= 0.3 is 0 Å². The fourth-order valence-corrected chi connectivity index (χ4v) is 2.56. The van der Waals surface area contributed by atoms with Crippen LogP contribution in [0, 0.1) is 13.8 Å². The lowest BCUT2D eigenvalue weighted by Gasteiger charge is -2.34. The molecule has 1 aromatic rings. The number of aryl methyl sites for hydroxylation is 2. The molecular weight excluding hydrogens is 242 g/mol. The molecule has 0 aliphatic carbocycles. The lowest BCUT2D eigenvalue weighted by molar-refractivity contribution is 0.217. The molecule has 0 bridgehead atoms. The van der Waals surface area contributed by atoms with Gasteiger partial charge in [0, 0.05) is 31.9 Å². The molecule has 2 rings (SSSR count). The van der Waals surface area contributed by atoms with Gasteiger partial charge in [0.05, 0.1) is 0 Å². The Bertz CT molecular complexity index is 416. The van der Waals surface area contributed by atoms with Gasteiger partial charge < -0.3 is 15.1 Å². The van der Waals surface area contributed by atoms with Crippen molar-refractivity contribution in [2.45, 2.75) is 13.8 Å². The summed E-state index contributed by atoms with van der Waals surface area (Å²) in [7, 11) is 2.15. The highest BCUT2D eigenvalue weighted by atomic mass is 32.1. The second-order valence-corrected chi connectivity index (χ2v) is 5.48. The van der Waals surface area contributed by atoms with Gasteiger partial charge in [-0.15, -0.1) is 0 Å². The van der Waals surface area contributed by atoms with Crippen LogP contribution in [0.2, 0.25) is 0 Å². The zero-order valence-electron chi connectivity index (χ0n) is 11.4. The van der Waals surface area contributed by atoms with E-state index in [0.29, 0.717) is 0 Å². The molecule has 1 fully saturated rings. The Morgan fingerprint density at radius 2 is 1.61 bits per heavy atom. The Morgan fingerprint density at radius 3 is 2.17 bits per heavy atom. The van der Waals surface area contributed by atoms with E-state index in [-0.39, 0.29) is 0 Å². The Balaban J connectivity index is 1.98. The van der Waals surface area contributed by atoms with Crippen molar-refractivity contribution < 1.29 is 0 Å². The minimum absolute atomic E-state index is 0.841. The predicted molar refractivity (Wildman–Crippen MR) is 81.2 cm³/mol. The lowest BCUT2D eigenvalue weighted by atomic mass is 10.1. The van der Waals surface area contributed by atoms with Crippen LogP contribution in [0.4, 0.5) is 5.69 Å². The van der Waals surface area contributed by atoms with Crippen molar-refractivity contribution in [2.75, 3.05) is 38.5 Å². The van der Waals surface area contributed by atoms with E-state index in [0.717, 1.165) is 37.0 Å². The zero-order valence-corrected chi connectivity index (χ0v) is 12.2. The van der Waals surface area contributed by atoms with Crippen LogP contribution in [0.3, 0.4) is 0 Å². The molecule has 1 aliphatic heterocycles. The van der Waals surface area contributed by atoms with Crippen molar-refractivity contribution in [1.29, 1.82) is 0 Å². The quantitative estimate of drug-likeness (QED) is 0.783. The summed E-state index contributed by atoms with van der Waals surface area (Å²) < 4.78 is 0. The number of hydrogen-bond acceptors (Lipinski definition) is 2. The molecule has 0 radical (unpaired) electrons. The molecule has 1 aliphatic rings. The standard InChI is InChI=1S/C14H21N3S/c1-11-8-12(2)10-13(9-11)15-14(18)17-6-4-16(3)5-7-17/h8-10H,4-7H2,1-3H3,(H,15,18). The monoisotopic (exact) mass is 263 g/mol. The summed E-state index contributed by atoms with van der Waals surface area (Å²) in [5.41, 5.74) is 3.62. The highest BCUT2D eigenvalue weighted by Gasteiger charge is 2.16. The molecule has 1 aromatic carbocycles. The van der Waals surface area contributed by atoms with Gasteiger partial charge in [0.25, 0.3) is 0 Å². The number of piperazine rings is 1. The van der Waals surface area contributed by atoms with E-state index in [4.69, 9.17) is 12.2 Å². The normalized spacial score (nSPS) is 16.7. The molecule has 1 N–H and O–H groups in total. The van der Waals surface area contributed by atoms with Crippen LogP contribution in [-0.2, 0) is 0 Å². The van der Waals surface area contributed by atoms with Gasteiger partial charge in [0.15, 0.2) is 5.11 Å². The molecule has 4 heteroatoms. The van der Waals surface area contributed by atoms with Gasteiger partial charge in [0.1, 0.15) is 0 Å². The molecule has 0 saturated carbocycles. The van der Waals surface area contributed by atoms with Crippen molar-refractivity contribution in [2.24, 2.45) is 0 Å². The summed E-state index contributed by atoms with van der Waals surface area (Å²) in [4.78, 5) is 4.57. The first-order chi connectivity index (χ1) is 8.54. The minimum Gasteiger partial charge on any atom is -0.346 e.